The minimum atomic E-state index is -2.07. The number of hydrogen-bond donors (Lipinski definition) is 6. The SMILES string of the molecule is COc1cccc(CN2CCN(/N=C/c3c4c(O)c5c(O)c(C)c6c(c5c3O)C(=O)C(C)(OC=CC(OC)C(C)C(OC(C)=O)C(C)C(O)C(C)C(O)C(C)C=CC=C(C)C(=O)N4)O6)CC2)c1. The molecule has 6 N–H and O–H groups in total. The number of anilines is 1. The molecule has 4 aliphatic rings. The van der Waals surface area contributed by atoms with E-state index in [1.165, 1.54) is 59.4 Å². The van der Waals surface area contributed by atoms with Gasteiger partial charge < -0.3 is 54.5 Å². The Hall–Kier alpha value is -6.14. The molecule has 0 aliphatic carbocycles. The summed E-state index contributed by atoms with van der Waals surface area (Å²) in [5.41, 5.74) is 0.674. The number of ketones is 1. The number of Topliss-reactive ketones (excluding diaryl/α,β-unsaturated/α-hetero) is 1. The van der Waals surface area contributed by atoms with E-state index in [1.807, 2.05) is 24.3 Å². The largest absolute Gasteiger partial charge is 0.507 e. The first-order chi connectivity index (χ1) is 31.7. The summed E-state index contributed by atoms with van der Waals surface area (Å²) in [6.45, 7) is 15.5. The van der Waals surface area contributed by atoms with Crippen LogP contribution in [-0.4, -0.2) is 130 Å². The number of esters is 1. The molecule has 1 amide bonds. The zero-order chi connectivity index (χ0) is 49.1. The average molecular weight is 929 g/mol. The van der Waals surface area contributed by atoms with Gasteiger partial charge in [0.15, 0.2) is 5.75 Å². The molecule has 0 aromatic heterocycles. The van der Waals surface area contributed by atoms with E-state index < -0.39 is 88.8 Å². The summed E-state index contributed by atoms with van der Waals surface area (Å²) in [4.78, 5) is 43.2. The Morgan fingerprint density at radius 2 is 1.64 bits per heavy atom. The highest BCUT2D eigenvalue weighted by molar-refractivity contribution is 6.23. The van der Waals surface area contributed by atoms with E-state index in [9.17, 15) is 39.9 Å². The zero-order valence-electron chi connectivity index (χ0n) is 39.8. The lowest BCUT2D eigenvalue weighted by molar-refractivity contribution is -0.160. The number of methoxy groups -OCH3 is 2. The maximum absolute atomic E-state index is 14.6. The van der Waals surface area contributed by atoms with Crippen molar-refractivity contribution in [1.82, 2.24) is 9.91 Å². The van der Waals surface area contributed by atoms with Gasteiger partial charge in [-0.2, -0.15) is 5.10 Å². The molecule has 67 heavy (non-hydrogen) atoms. The second-order valence-corrected chi connectivity index (χ2v) is 17.9. The number of piperazine rings is 1. The number of allylic oxidation sites excluding steroid dienone is 2. The highest BCUT2D eigenvalue weighted by Crippen LogP contribution is 2.55. The molecule has 0 spiro atoms. The summed E-state index contributed by atoms with van der Waals surface area (Å²) < 4.78 is 29.1. The third kappa shape index (κ3) is 10.4. The van der Waals surface area contributed by atoms with Crippen molar-refractivity contribution in [3.8, 4) is 28.7 Å². The summed E-state index contributed by atoms with van der Waals surface area (Å²) >= 11 is 0. The van der Waals surface area contributed by atoms with Crippen molar-refractivity contribution in [2.45, 2.75) is 92.1 Å². The van der Waals surface area contributed by atoms with E-state index in [0.29, 0.717) is 32.7 Å². The van der Waals surface area contributed by atoms with Crippen molar-refractivity contribution in [2.24, 2.45) is 28.8 Å². The Balaban J connectivity index is 1.44. The maximum Gasteiger partial charge on any atom is 0.312 e. The first-order valence-corrected chi connectivity index (χ1v) is 22.4. The molecule has 0 radical (unpaired) electrons. The molecule has 3 aromatic carbocycles. The van der Waals surface area contributed by atoms with Gasteiger partial charge in [-0.3, -0.25) is 24.3 Å². The molecule has 362 valence electrons. The minimum absolute atomic E-state index is 0.0461. The third-order valence-corrected chi connectivity index (χ3v) is 13.3. The van der Waals surface area contributed by atoms with Gasteiger partial charge in [0.05, 0.1) is 60.1 Å². The normalized spacial score (nSPS) is 27.8. The number of aliphatic hydroxyl groups excluding tert-OH is 2. The Bertz CT molecular complexity index is 2480. The summed E-state index contributed by atoms with van der Waals surface area (Å²) in [6, 6.07) is 7.85. The standard InChI is InChI=1S/C50H64N4O13/c1-26-13-11-14-27(2)49(62)52-40-35(24-51-54-20-18-53(19-21-54)25-33-15-12-16-34(23-33)63-9)44(59)37-38(45(40)60)43(58)31(6)47-39(37)48(61)50(8,67-47)65-22-17-36(64-10)28(3)46(66-32(7)55)30(5)42(57)29(4)41(26)56/h11-17,22-24,26,28-30,36,41-42,46,56-60H,18-21,25H2,1-10H3,(H,52,62)/b13-11?,22-17?,27-14?,51-24+. The van der Waals surface area contributed by atoms with Crippen molar-refractivity contribution in [1.29, 1.82) is 0 Å². The lowest BCUT2D eigenvalue weighted by Crippen LogP contribution is -2.46. The van der Waals surface area contributed by atoms with Crippen LogP contribution >= 0.6 is 0 Å². The first kappa shape index (κ1) is 50.3. The van der Waals surface area contributed by atoms with Crippen LogP contribution in [0.5, 0.6) is 28.7 Å². The highest BCUT2D eigenvalue weighted by atomic mass is 16.7. The van der Waals surface area contributed by atoms with Crippen molar-refractivity contribution in [2.75, 3.05) is 45.7 Å². The number of amides is 1. The number of hydrogen-bond acceptors (Lipinski definition) is 16. The lowest BCUT2D eigenvalue weighted by Gasteiger charge is -2.38. The van der Waals surface area contributed by atoms with Gasteiger partial charge in [-0.1, -0.05) is 58.1 Å². The second-order valence-electron chi connectivity index (χ2n) is 17.9. The monoisotopic (exact) mass is 928 g/mol. The van der Waals surface area contributed by atoms with Gasteiger partial charge in [0, 0.05) is 93.9 Å². The number of nitrogens with one attached hydrogen (secondary N) is 1. The number of nitrogens with zero attached hydrogens (tertiary/aromatic N) is 3. The van der Waals surface area contributed by atoms with Crippen LogP contribution in [-0.2, 0) is 30.3 Å². The fraction of sp³-hybridized carbons (Fsp3) is 0.480. The van der Waals surface area contributed by atoms with E-state index in [2.05, 4.69) is 15.3 Å². The number of aliphatic hydroxyl groups is 2. The van der Waals surface area contributed by atoms with Gasteiger partial charge in [-0.05, 0) is 37.6 Å². The predicted molar refractivity (Wildman–Crippen MR) is 251 cm³/mol. The van der Waals surface area contributed by atoms with Crippen LogP contribution in [0.1, 0.15) is 75.5 Å². The van der Waals surface area contributed by atoms with Crippen LogP contribution < -0.4 is 14.8 Å². The summed E-state index contributed by atoms with van der Waals surface area (Å²) in [6.07, 6.45) is 4.82. The fourth-order valence-corrected chi connectivity index (χ4v) is 9.05. The van der Waals surface area contributed by atoms with Crippen LogP contribution in [0.3, 0.4) is 0 Å². The van der Waals surface area contributed by atoms with Crippen LogP contribution in [0.15, 0.2) is 65.5 Å². The minimum Gasteiger partial charge on any atom is -0.507 e. The number of ether oxygens (including phenoxy) is 5. The van der Waals surface area contributed by atoms with E-state index >= 15 is 0 Å². The Morgan fingerprint density at radius 3 is 2.30 bits per heavy atom. The summed E-state index contributed by atoms with van der Waals surface area (Å²) in [7, 11) is 3.06. The van der Waals surface area contributed by atoms with Gasteiger partial charge in [0.1, 0.15) is 29.1 Å². The van der Waals surface area contributed by atoms with Crippen molar-refractivity contribution in [3.05, 3.63) is 82.7 Å². The van der Waals surface area contributed by atoms with Gasteiger partial charge >= 0.3 is 11.8 Å². The number of fused-ring (bicyclic) bond motifs is 14. The molecular formula is C50H64N4O13. The summed E-state index contributed by atoms with van der Waals surface area (Å²) in [5.74, 6) is -7.73. The van der Waals surface area contributed by atoms with E-state index in [1.54, 1.807) is 52.0 Å². The Kier molecular flexibility index (Phi) is 15.6. The molecule has 9 unspecified atom stereocenters. The number of rotatable bonds is 7. The van der Waals surface area contributed by atoms with Crippen molar-refractivity contribution < 1.29 is 63.6 Å². The quantitative estimate of drug-likeness (QED) is 0.0700. The second kappa shape index (κ2) is 20.8. The van der Waals surface area contributed by atoms with Gasteiger partial charge in [0.25, 0.3) is 11.7 Å². The molecule has 17 nitrogen and oxygen atoms in total. The third-order valence-electron chi connectivity index (χ3n) is 13.3. The first-order valence-electron chi connectivity index (χ1n) is 22.4. The number of benzene rings is 3. The van der Waals surface area contributed by atoms with E-state index in [4.69, 9.17) is 23.7 Å². The zero-order valence-corrected chi connectivity index (χ0v) is 39.8. The molecule has 0 saturated carbocycles. The number of phenols is 3. The van der Waals surface area contributed by atoms with Crippen LogP contribution in [0, 0.1) is 30.6 Å². The molecule has 1 saturated heterocycles. The molecule has 4 heterocycles. The molecule has 7 rings (SSSR count). The maximum atomic E-state index is 14.6. The molecule has 1 fully saturated rings. The number of phenolic OH excluding ortho intramolecular Hbond substituents is 3. The number of carbonyl (C=O) groups is 3. The molecule has 3 aromatic rings. The van der Waals surface area contributed by atoms with Crippen LogP contribution in [0.25, 0.3) is 10.8 Å². The fourth-order valence-electron chi connectivity index (χ4n) is 9.05. The van der Waals surface area contributed by atoms with Gasteiger partial charge in [-0.15, -0.1) is 0 Å². The molecular weight excluding hydrogens is 865 g/mol. The number of hydrazone groups is 1. The highest BCUT2D eigenvalue weighted by Gasteiger charge is 2.50. The molecule has 4 aliphatic heterocycles. The molecule has 9 atom stereocenters. The lowest BCUT2D eigenvalue weighted by atomic mass is 9.78. The average Bonchev–Trinajstić information content (AvgIpc) is 3.57. The number of carbonyl (C=O) groups excluding carboxylic acids is 3. The van der Waals surface area contributed by atoms with E-state index in [0.717, 1.165) is 11.3 Å². The van der Waals surface area contributed by atoms with Crippen LogP contribution in [0.4, 0.5) is 5.69 Å². The van der Waals surface area contributed by atoms with Gasteiger partial charge in [0.2, 0.25) is 0 Å². The van der Waals surface area contributed by atoms with Crippen LogP contribution in [0.2, 0.25) is 0 Å². The predicted octanol–water partition coefficient (Wildman–Crippen LogP) is 5.91. The topological polar surface area (TPSA) is 229 Å². The van der Waals surface area contributed by atoms with Crippen molar-refractivity contribution in [3.63, 3.8) is 0 Å². The Labute approximate surface area is 390 Å². The molecule has 5 bridgehead atoms. The van der Waals surface area contributed by atoms with E-state index in [-0.39, 0.29) is 44.5 Å². The number of aromatic hydroxyl groups is 3. The summed E-state index contributed by atoms with van der Waals surface area (Å²) in [5, 5.41) is 67.6. The Morgan fingerprint density at radius 1 is 0.940 bits per heavy atom. The van der Waals surface area contributed by atoms with Crippen molar-refractivity contribution >= 4 is 40.3 Å². The smallest absolute Gasteiger partial charge is 0.312 e. The van der Waals surface area contributed by atoms with Gasteiger partial charge in [-0.25, -0.2) is 0 Å². The molecule has 17 heteroatoms.